The second-order valence-electron chi connectivity index (χ2n) is 13.4. The zero-order valence-corrected chi connectivity index (χ0v) is 29.5. The summed E-state index contributed by atoms with van der Waals surface area (Å²) in [5.74, 6) is 0.712. The molecule has 2 aromatic heterocycles. The predicted molar refractivity (Wildman–Crippen MR) is 207 cm³/mol. The standard InChI is InChI=1S/C43H36ClFN6O2/c44-34-11-7-33(8-12-34)43(53)50(27-29-2-22-41(47-24-29)49-36-15-16-36)37-17-9-31(10-18-37)39-25-48-40-21-1-28(23-46-40)26-51(38-19-13-35(45)14-20-38)42(52)32-5-3-30(39)4-6-32/h1-14,17-24,36,39H,15-16,25-27H2,(H,46,48)(H,47,49). The lowest BCUT2D eigenvalue weighted by Crippen LogP contribution is -2.30. The van der Waals surface area contributed by atoms with Crippen LogP contribution in [0.4, 0.5) is 27.4 Å². The van der Waals surface area contributed by atoms with Gasteiger partial charge in [0.25, 0.3) is 11.8 Å². The van der Waals surface area contributed by atoms with Gasteiger partial charge in [0.1, 0.15) is 17.5 Å². The van der Waals surface area contributed by atoms with Crippen molar-refractivity contribution in [2.45, 2.75) is 37.9 Å². The molecule has 264 valence electrons. The molecule has 1 atom stereocenters. The number of halogens is 2. The fraction of sp³-hybridized carbons (Fsp3) is 0.163. The smallest absolute Gasteiger partial charge is 0.258 e. The zero-order valence-electron chi connectivity index (χ0n) is 28.8. The van der Waals surface area contributed by atoms with Crippen molar-refractivity contribution in [3.8, 4) is 0 Å². The Kier molecular flexibility index (Phi) is 9.57. The van der Waals surface area contributed by atoms with Gasteiger partial charge in [-0.3, -0.25) is 9.59 Å². The van der Waals surface area contributed by atoms with Crippen molar-refractivity contribution in [1.29, 1.82) is 0 Å². The Hall–Kier alpha value is -6.06. The quantitative estimate of drug-likeness (QED) is 0.163. The average molecular weight is 723 g/mol. The Morgan fingerprint density at radius 3 is 2.19 bits per heavy atom. The summed E-state index contributed by atoms with van der Waals surface area (Å²) in [6.45, 7) is 1.15. The lowest BCUT2D eigenvalue weighted by molar-refractivity contribution is 0.0977. The van der Waals surface area contributed by atoms with Crippen LogP contribution in [-0.2, 0) is 13.1 Å². The number of nitrogens with zero attached hydrogens (tertiary/aromatic N) is 4. The number of anilines is 4. The number of hydrogen-bond donors (Lipinski definition) is 2. The van der Waals surface area contributed by atoms with E-state index in [1.807, 2.05) is 79.0 Å². The van der Waals surface area contributed by atoms with Gasteiger partial charge in [0.05, 0.1) is 13.1 Å². The first-order chi connectivity index (χ1) is 25.9. The van der Waals surface area contributed by atoms with Crippen molar-refractivity contribution in [2.24, 2.45) is 0 Å². The van der Waals surface area contributed by atoms with Crippen molar-refractivity contribution in [3.63, 3.8) is 0 Å². The normalized spacial score (nSPS) is 15.5. The summed E-state index contributed by atoms with van der Waals surface area (Å²) in [4.78, 5) is 40.5. The molecular formula is C43H36ClFN6O2. The second-order valence-corrected chi connectivity index (χ2v) is 13.9. The minimum Gasteiger partial charge on any atom is -0.369 e. The molecule has 1 fully saturated rings. The molecular weight excluding hydrogens is 687 g/mol. The van der Waals surface area contributed by atoms with E-state index in [-0.39, 0.29) is 30.1 Å². The third kappa shape index (κ3) is 7.90. The number of amides is 2. The van der Waals surface area contributed by atoms with E-state index >= 15 is 0 Å². The lowest BCUT2D eigenvalue weighted by Gasteiger charge is -2.26. The van der Waals surface area contributed by atoms with Crippen LogP contribution in [-0.4, -0.2) is 34.4 Å². The number of benzene rings is 4. The van der Waals surface area contributed by atoms with Crippen LogP contribution in [0.1, 0.15) is 61.7 Å². The summed E-state index contributed by atoms with van der Waals surface area (Å²) in [5, 5.41) is 7.47. The molecule has 0 spiro atoms. The van der Waals surface area contributed by atoms with E-state index < -0.39 is 0 Å². The Morgan fingerprint density at radius 1 is 0.830 bits per heavy atom. The van der Waals surface area contributed by atoms with E-state index in [9.17, 15) is 14.0 Å². The van der Waals surface area contributed by atoms with Crippen LogP contribution in [0, 0.1) is 5.82 Å². The number of aromatic nitrogens is 2. The lowest BCUT2D eigenvalue weighted by atomic mass is 9.90. The maximum absolute atomic E-state index is 14.0. The highest BCUT2D eigenvalue weighted by atomic mass is 35.5. The van der Waals surface area contributed by atoms with Crippen LogP contribution >= 0.6 is 11.6 Å². The highest BCUT2D eigenvalue weighted by molar-refractivity contribution is 6.30. The van der Waals surface area contributed by atoms with Gasteiger partial charge in [-0.25, -0.2) is 14.4 Å². The summed E-state index contributed by atoms with van der Waals surface area (Å²) < 4.78 is 13.8. The maximum atomic E-state index is 14.0. The molecule has 1 unspecified atom stereocenters. The van der Waals surface area contributed by atoms with Crippen LogP contribution in [0.25, 0.3) is 0 Å². The molecule has 0 radical (unpaired) electrons. The molecule has 6 heterocycles. The molecule has 1 saturated carbocycles. The van der Waals surface area contributed by atoms with Gasteiger partial charge >= 0.3 is 0 Å². The number of carbonyl (C=O) groups excluding carboxylic acids is 2. The predicted octanol–water partition coefficient (Wildman–Crippen LogP) is 9.09. The third-order valence-electron chi connectivity index (χ3n) is 9.63. The molecule has 5 aliphatic rings. The molecule has 6 aromatic rings. The van der Waals surface area contributed by atoms with E-state index in [0.29, 0.717) is 46.8 Å². The molecule has 1 aliphatic carbocycles. The van der Waals surface area contributed by atoms with E-state index in [1.165, 1.54) is 12.1 Å². The fourth-order valence-electron chi connectivity index (χ4n) is 6.49. The molecule has 11 rings (SSSR count). The summed E-state index contributed by atoms with van der Waals surface area (Å²) >= 11 is 6.15. The Morgan fingerprint density at radius 2 is 1.55 bits per heavy atom. The topological polar surface area (TPSA) is 90.5 Å². The summed E-state index contributed by atoms with van der Waals surface area (Å²) in [6.07, 6.45) is 5.89. The SMILES string of the molecule is O=C1c2ccc(cc2)C(c2ccc(N(Cc3ccc(NC4CC4)nc3)C(=O)c3ccc(Cl)cc3)cc2)CNc2ccc(cn2)CN1c1ccc(F)cc1. The Balaban J connectivity index is 1.10. The highest BCUT2D eigenvalue weighted by Gasteiger charge is 2.24. The third-order valence-corrected chi connectivity index (χ3v) is 9.89. The van der Waals surface area contributed by atoms with Crippen LogP contribution in [0.2, 0.25) is 5.02 Å². The van der Waals surface area contributed by atoms with Crippen LogP contribution in [0.3, 0.4) is 0 Å². The number of nitrogens with one attached hydrogen (secondary N) is 2. The largest absolute Gasteiger partial charge is 0.369 e. The van der Waals surface area contributed by atoms with Crippen LogP contribution < -0.4 is 20.4 Å². The fourth-order valence-corrected chi connectivity index (χ4v) is 6.62. The maximum Gasteiger partial charge on any atom is 0.258 e. The number of rotatable bonds is 8. The van der Waals surface area contributed by atoms with Crippen molar-refractivity contribution in [2.75, 3.05) is 27.0 Å². The van der Waals surface area contributed by atoms with Gasteiger partial charge in [0.2, 0.25) is 0 Å². The highest BCUT2D eigenvalue weighted by Crippen LogP contribution is 2.31. The van der Waals surface area contributed by atoms with E-state index in [0.717, 1.165) is 46.6 Å². The number of pyridine rings is 2. The van der Waals surface area contributed by atoms with E-state index in [2.05, 4.69) is 20.6 Å². The molecule has 4 bridgehead atoms. The van der Waals surface area contributed by atoms with Gasteiger partial charge in [-0.15, -0.1) is 0 Å². The molecule has 0 saturated heterocycles. The summed E-state index contributed by atoms with van der Waals surface area (Å²) in [6, 6.07) is 36.8. The number of carbonyl (C=O) groups is 2. The first kappa shape index (κ1) is 34.0. The van der Waals surface area contributed by atoms with Gasteiger partial charge in [0.15, 0.2) is 0 Å². The second kappa shape index (κ2) is 14.9. The van der Waals surface area contributed by atoms with Crippen molar-refractivity contribution < 1.29 is 14.0 Å². The zero-order chi connectivity index (χ0) is 36.3. The summed E-state index contributed by atoms with van der Waals surface area (Å²) in [7, 11) is 0. The van der Waals surface area contributed by atoms with Crippen molar-refractivity contribution in [1.82, 2.24) is 9.97 Å². The first-order valence-corrected chi connectivity index (χ1v) is 18.0. The van der Waals surface area contributed by atoms with Gasteiger partial charge in [0, 0.05) is 58.4 Å². The van der Waals surface area contributed by atoms with E-state index in [1.54, 1.807) is 52.4 Å². The van der Waals surface area contributed by atoms with Crippen LogP contribution in [0.15, 0.2) is 134 Å². The van der Waals surface area contributed by atoms with Gasteiger partial charge in [-0.1, -0.05) is 48.0 Å². The first-order valence-electron chi connectivity index (χ1n) is 17.6. The molecule has 53 heavy (non-hydrogen) atoms. The van der Waals surface area contributed by atoms with Crippen molar-refractivity contribution in [3.05, 3.63) is 178 Å². The molecule has 2 amide bonds. The molecule has 2 N–H and O–H groups in total. The molecule has 8 nitrogen and oxygen atoms in total. The van der Waals surface area contributed by atoms with Gasteiger partial charge in [-0.05, 0) is 120 Å². The minimum absolute atomic E-state index is 0.109. The van der Waals surface area contributed by atoms with Gasteiger partial charge < -0.3 is 20.4 Å². The molecule has 4 aliphatic heterocycles. The Bertz CT molecular complexity index is 2210. The molecule has 4 aromatic carbocycles. The summed E-state index contributed by atoms with van der Waals surface area (Å²) in [5.41, 5.74) is 6.14. The van der Waals surface area contributed by atoms with Gasteiger partial charge in [-0.2, -0.15) is 0 Å². The monoisotopic (exact) mass is 722 g/mol. The van der Waals surface area contributed by atoms with Crippen molar-refractivity contribution >= 4 is 46.4 Å². The van der Waals surface area contributed by atoms with Crippen LogP contribution in [0.5, 0.6) is 0 Å². The number of hydrogen-bond acceptors (Lipinski definition) is 6. The van der Waals surface area contributed by atoms with E-state index in [4.69, 9.17) is 11.6 Å². The molecule has 10 heteroatoms. The average Bonchev–Trinajstić information content (AvgIpc) is 4.02. The minimum atomic E-state index is -0.367. The Labute approximate surface area is 312 Å².